The van der Waals surface area contributed by atoms with Gasteiger partial charge in [-0.25, -0.2) is 0 Å². The van der Waals surface area contributed by atoms with Gasteiger partial charge in [-0.3, -0.25) is 10.1 Å². The van der Waals surface area contributed by atoms with E-state index < -0.39 is 4.92 Å². The smallest absolute Gasteiger partial charge is 0.275 e. The molecule has 5 nitrogen and oxygen atoms in total. The molecule has 0 aliphatic carbocycles. The van der Waals surface area contributed by atoms with Crippen LogP contribution in [0.4, 0.5) is 11.4 Å². The number of benzene rings is 2. The maximum atomic E-state index is 10.7. The van der Waals surface area contributed by atoms with Crippen molar-refractivity contribution in [2.24, 2.45) is 0 Å². The molecule has 2 N–H and O–H groups in total. The third-order valence-electron chi connectivity index (χ3n) is 2.44. The van der Waals surface area contributed by atoms with Crippen molar-refractivity contribution in [2.45, 2.75) is 6.61 Å². The fourth-order valence-corrected chi connectivity index (χ4v) is 1.67. The standard InChI is InChI=1S/C13H11ClN2O3/c14-10-3-1-9(2-4-10)8-19-13-6-11(15)5-12(7-13)16(17)18/h1-7H,8,15H2. The summed E-state index contributed by atoms with van der Waals surface area (Å²) < 4.78 is 5.48. The minimum Gasteiger partial charge on any atom is -0.489 e. The molecule has 2 rings (SSSR count). The molecule has 0 fully saturated rings. The van der Waals surface area contributed by atoms with Gasteiger partial charge in [0.1, 0.15) is 12.4 Å². The number of hydrogen-bond acceptors (Lipinski definition) is 4. The Kier molecular flexibility index (Phi) is 3.87. The van der Waals surface area contributed by atoms with Gasteiger partial charge in [-0.15, -0.1) is 0 Å². The van der Waals surface area contributed by atoms with Gasteiger partial charge < -0.3 is 10.5 Å². The molecule has 0 spiro atoms. The van der Waals surface area contributed by atoms with E-state index in [-0.39, 0.29) is 12.3 Å². The summed E-state index contributed by atoms with van der Waals surface area (Å²) >= 11 is 5.77. The SMILES string of the molecule is Nc1cc(OCc2ccc(Cl)cc2)cc([N+](=O)[O-])c1. The van der Waals surface area contributed by atoms with Crippen LogP contribution in [0.25, 0.3) is 0 Å². The average molecular weight is 279 g/mol. The van der Waals surface area contributed by atoms with Crippen LogP contribution in [0.15, 0.2) is 42.5 Å². The predicted octanol–water partition coefficient (Wildman–Crippen LogP) is 3.41. The second kappa shape index (κ2) is 5.58. The van der Waals surface area contributed by atoms with Gasteiger partial charge in [-0.2, -0.15) is 0 Å². The van der Waals surface area contributed by atoms with Crippen molar-refractivity contribution in [3.05, 3.63) is 63.2 Å². The highest BCUT2D eigenvalue weighted by molar-refractivity contribution is 6.30. The Hall–Kier alpha value is -2.27. The summed E-state index contributed by atoms with van der Waals surface area (Å²) in [5.41, 5.74) is 6.70. The van der Waals surface area contributed by atoms with Gasteiger partial charge in [0.2, 0.25) is 0 Å². The zero-order valence-corrected chi connectivity index (χ0v) is 10.6. The minimum atomic E-state index is -0.508. The highest BCUT2D eigenvalue weighted by Crippen LogP contribution is 2.25. The second-order valence-electron chi connectivity index (χ2n) is 3.93. The monoisotopic (exact) mass is 278 g/mol. The predicted molar refractivity (Wildman–Crippen MR) is 73.3 cm³/mol. The highest BCUT2D eigenvalue weighted by atomic mass is 35.5. The zero-order valence-electron chi connectivity index (χ0n) is 9.88. The van der Waals surface area contributed by atoms with Gasteiger partial charge in [-0.05, 0) is 17.7 Å². The van der Waals surface area contributed by atoms with Crippen LogP contribution in [0, 0.1) is 10.1 Å². The third-order valence-corrected chi connectivity index (χ3v) is 2.70. The maximum absolute atomic E-state index is 10.7. The Morgan fingerprint density at radius 2 is 1.89 bits per heavy atom. The van der Waals surface area contributed by atoms with E-state index in [4.69, 9.17) is 22.1 Å². The Morgan fingerprint density at radius 1 is 1.21 bits per heavy atom. The molecule has 2 aromatic carbocycles. The molecule has 0 saturated heterocycles. The number of nitrogens with two attached hydrogens (primary N) is 1. The van der Waals surface area contributed by atoms with Crippen molar-refractivity contribution in [1.29, 1.82) is 0 Å². The molecule has 0 heterocycles. The van der Waals surface area contributed by atoms with E-state index in [1.165, 1.54) is 12.1 Å². The molecule has 0 saturated carbocycles. The Labute approximate surface area is 114 Å². The van der Waals surface area contributed by atoms with Crippen LogP contribution < -0.4 is 10.5 Å². The van der Waals surface area contributed by atoms with Crippen LogP contribution >= 0.6 is 11.6 Å². The van der Waals surface area contributed by atoms with E-state index in [9.17, 15) is 10.1 Å². The van der Waals surface area contributed by atoms with E-state index in [1.54, 1.807) is 18.2 Å². The number of anilines is 1. The number of ether oxygens (including phenoxy) is 1. The first-order valence-corrected chi connectivity index (χ1v) is 5.84. The van der Waals surface area contributed by atoms with Crippen molar-refractivity contribution in [1.82, 2.24) is 0 Å². The van der Waals surface area contributed by atoms with Crippen molar-refractivity contribution < 1.29 is 9.66 Å². The number of nitro groups is 1. The number of nitrogen functional groups attached to an aromatic ring is 1. The van der Waals surface area contributed by atoms with Crippen LogP contribution in [0.1, 0.15) is 5.56 Å². The van der Waals surface area contributed by atoms with Crippen LogP contribution in [0.5, 0.6) is 5.75 Å². The molecule has 0 bridgehead atoms. The first kappa shape index (κ1) is 13.2. The number of nitrogens with zero attached hydrogens (tertiary/aromatic N) is 1. The second-order valence-corrected chi connectivity index (χ2v) is 4.37. The van der Waals surface area contributed by atoms with Crippen LogP contribution in [-0.2, 0) is 6.61 Å². The summed E-state index contributed by atoms with van der Waals surface area (Å²) in [5, 5.41) is 11.3. The quantitative estimate of drug-likeness (QED) is 0.528. The Morgan fingerprint density at radius 3 is 2.53 bits per heavy atom. The molecule has 2 aromatic rings. The molecule has 0 atom stereocenters. The maximum Gasteiger partial charge on any atom is 0.275 e. The summed E-state index contributed by atoms with van der Waals surface area (Å²) in [6.45, 7) is 0.289. The van der Waals surface area contributed by atoms with E-state index in [0.717, 1.165) is 5.56 Å². The first-order valence-electron chi connectivity index (χ1n) is 5.47. The summed E-state index contributed by atoms with van der Waals surface area (Å²) in [5.74, 6) is 0.363. The van der Waals surface area contributed by atoms with Crippen molar-refractivity contribution in [3.8, 4) is 5.75 Å². The van der Waals surface area contributed by atoms with E-state index >= 15 is 0 Å². The Balaban J connectivity index is 2.11. The van der Waals surface area contributed by atoms with Gasteiger partial charge in [-0.1, -0.05) is 23.7 Å². The van der Waals surface area contributed by atoms with Crippen LogP contribution in [-0.4, -0.2) is 4.92 Å². The number of hydrogen-bond donors (Lipinski definition) is 1. The fraction of sp³-hybridized carbons (Fsp3) is 0.0769. The lowest BCUT2D eigenvalue weighted by molar-refractivity contribution is -0.384. The minimum absolute atomic E-state index is 0.0916. The Bertz CT molecular complexity index is 599. The van der Waals surface area contributed by atoms with Gasteiger partial charge in [0, 0.05) is 22.8 Å². The summed E-state index contributed by atoms with van der Waals surface area (Å²) in [6, 6.07) is 11.3. The summed E-state index contributed by atoms with van der Waals surface area (Å²) in [6.07, 6.45) is 0. The van der Waals surface area contributed by atoms with E-state index in [2.05, 4.69) is 0 Å². The van der Waals surface area contributed by atoms with Gasteiger partial charge in [0.15, 0.2) is 0 Å². The van der Waals surface area contributed by atoms with Gasteiger partial charge in [0.25, 0.3) is 5.69 Å². The molecule has 98 valence electrons. The molecular weight excluding hydrogens is 268 g/mol. The molecule has 19 heavy (non-hydrogen) atoms. The lowest BCUT2D eigenvalue weighted by Crippen LogP contribution is -1.98. The largest absolute Gasteiger partial charge is 0.489 e. The normalized spacial score (nSPS) is 10.2. The lowest BCUT2D eigenvalue weighted by Gasteiger charge is -2.07. The fourth-order valence-electron chi connectivity index (χ4n) is 1.54. The van der Waals surface area contributed by atoms with Crippen LogP contribution in [0.3, 0.4) is 0 Å². The molecular formula is C13H11ClN2O3. The number of rotatable bonds is 4. The first-order chi connectivity index (χ1) is 9.04. The molecule has 0 aliphatic rings. The number of non-ortho nitro benzene ring substituents is 1. The van der Waals surface area contributed by atoms with E-state index in [0.29, 0.717) is 16.5 Å². The molecule has 6 heteroatoms. The lowest BCUT2D eigenvalue weighted by atomic mass is 10.2. The zero-order chi connectivity index (χ0) is 13.8. The van der Waals surface area contributed by atoms with Crippen molar-refractivity contribution in [3.63, 3.8) is 0 Å². The van der Waals surface area contributed by atoms with Gasteiger partial charge >= 0.3 is 0 Å². The van der Waals surface area contributed by atoms with Crippen LogP contribution in [0.2, 0.25) is 5.02 Å². The highest BCUT2D eigenvalue weighted by Gasteiger charge is 2.09. The summed E-state index contributed by atoms with van der Waals surface area (Å²) in [7, 11) is 0. The third kappa shape index (κ3) is 3.59. The molecule has 0 aliphatic heterocycles. The van der Waals surface area contributed by atoms with Crippen molar-refractivity contribution >= 4 is 23.0 Å². The molecule has 0 amide bonds. The molecule has 0 radical (unpaired) electrons. The topological polar surface area (TPSA) is 78.4 Å². The summed E-state index contributed by atoms with van der Waals surface area (Å²) in [4.78, 5) is 10.2. The van der Waals surface area contributed by atoms with E-state index in [1.807, 2.05) is 12.1 Å². The molecule has 0 aromatic heterocycles. The average Bonchev–Trinajstić information content (AvgIpc) is 2.37. The van der Waals surface area contributed by atoms with Gasteiger partial charge in [0.05, 0.1) is 11.0 Å². The van der Waals surface area contributed by atoms with Crippen molar-refractivity contribution in [2.75, 3.05) is 5.73 Å². The number of halogens is 1. The molecule has 0 unspecified atom stereocenters. The number of nitro benzene ring substituents is 1.